The summed E-state index contributed by atoms with van der Waals surface area (Å²) in [5.41, 5.74) is 0.841. The van der Waals surface area contributed by atoms with Crippen LogP contribution in [0.1, 0.15) is 18.9 Å². The molecular weight excluding hydrogens is 128 g/mol. The van der Waals surface area contributed by atoms with Crippen LogP contribution < -0.4 is 0 Å². The van der Waals surface area contributed by atoms with Crippen molar-refractivity contribution in [2.75, 3.05) is 0 Å². The van der Waals surface area contributed by atoms with Gasteiger partial charge in [-0.2, -0.15) is 0 Å². The molecule has 0 aliphatic rings. The Labute approximate surface area is 60.3 Å². The maximum atomic E-state index is 9.03. The normalized spacial score (nSPS) is 10.2. The van der Waals surface area contributed by atoms with Gasteiger partial charge < -0.3 is 5.11 Å². The number of nitrogens with zero attached hydrogens (tertiary/aromatic N) is 2. The molecular formula is C7H12N2O. The molecule has 10 heavy (non-hydrogen) atoms. The molecule has 0 bridgehead atoms. The van der Waals surface area contributed by atoms with Crippen LogP contribution in [0.4, 0.5) is 0 Å². The van der Waals surface area contributed by atoms with Crippen LogP contribution in [0.2, 0.25) is 0 Å². The van der Waals surface area contributed by atoms with E-state index in [4.69, 9.17) is 5.11 Å². The summed E-state index contributed by atoms with van der Waals surface area (Å²) in [7, 11) is 0. The number of aromatic hydroxyl groups is 1. The fourth-order valence-electron chi connectivity index (χ4n) is 0.854. The highest BCUT2D eigenvalue weighted by atomic mass is 16.3. The molecule has 0 fully saturated rings. The average molecular weight is 140 g/mol. The first-order valence-electron chi connectivity index (χ1n) is 3.47. The van der Waals surface area contributed by atoms with Crippen molar-refractivity contribution in [1.29, 1.82) is 0 Å². The van der Waals surface area contributed by atoms with Crippen LogP contribution in [0.25, 0.3) is 0 Å². The molecule has 0 spiro atoms. The van der Waals surface area contributed by atoms with E-state index in [1.165, 1.54) is 0 Å². The quantitative estimate of drug-likeness (QED) is 0.672. The van der Waals surface area contributed by atoms with E-state index in [0.717, 1.165) is 18.5 Å². The molecule has 1 N–H and O–H groups in total. The second kappa shape index (κ2) is 2.73. The molecule has 0 aliphatic carbocycles. The van der Waals surface area contributed by atoms with Gasteiger partial charge in [0.1, 0.15) is 0 Å². The fourth-order valence-corrected chi connectivity index (χ4v) is 0.854. The molecule has 0 atom stereocenters. The molecule has 3 nitrogen and oxygen atoms in total. The van der Waals surface area contributed by atoms with Gasteiger partial charge in [-0.05, 0) is 13.3 Å². The van der Waals surface area contributed by atoms with E-state index in [1.807, 2.05) is 13.1 Å². The van der Waals surface area contributed by atoms with Crippen LogP contribution in [-0.2, 0) is 6.54 Å². The summed E-state index contributed by atoms with van der Waals surface area (Å²) in [5.74, 6) is 0.147. The monoisotopic (exact) mass is 140 g/mol. The Bertz CT molecular complexity index is 198. The lowest BCUT2D eigenvalue weighted by molar-refractivity contribution is 0.434. The zero-order valence-corrected chi connectivity index (χ0v) is 6.33. The van der Waals surface area contributed by atoms with Gasteiger partial charge in [0.15, 0.2) is 0 Å². The van der Waals surface area contributed by atoms with Crippen LogP contribution >= 0.6 is 0 Å². The summed E-state index contributed by atoms with van der Waals surface area (Å²) in [6.07, 6.45) is 2.89. The second-order valence-electron chi connectivity index (χ2n) is 2.40. The zero-order valence-electron chi connectivity index (χ0n) is 6.33. The fraction of sp³-hybridized carbons (Fsp3) is 0.571. The van der Waals surface area contributed by atoms with Crippen molar-refractivity contribution in [1.82, 2.24) is 9.78 Å². The van der Waals surface area contributed by atoms with E-state index < -0.39 is 0 Å². The predicted octanol–water partition coefficient (Wildman–Crippen LogP) is 1.31. The second-order valence-corrected chi connectivity index (χ2v) is 2.40. The van der Waals surface area contributed by atoms with Gasteiger partial charge in [0.25, 0.3) is 0 Å². The highest BCUT2D eigenvalue weighted by Gasteiger charge is 1.99. The van der Waals surface area contributed by atoms with Crippen LogP contribution in [-0.4, -0.2) is 14.9 Å². The molecule has 0 aromatic carbocycles. The van der Waals surface area contributed by atoms with Gasteiger partial charge in [0.05, 0.1) is 0 Å². The lowest BCUT2D eigenvalue weighted by Gasteiger charge is -1.93. The molecule has 1 heterocycles. The summed E-state index contributed by atoms with van der Waals surface area (Å²) in [4.78, 5) is 0. The summed E-state index contributed by atoms with van der Waals surface area (Å²) in [5, 5.41) is 12.9. The molecule has 1 aromatic heterocycles. The van der Waals surface area contributed by atoms with Gasteiger partial charge in [-0.25, -0.2) is 0 Å². The van der Waals surface area contributed by atoms with Crippen LogP contribution in [0.5, 0.6) is 5.88 Å². The maximum Gasteiger partial charge on any atom is 0.233 e. The Morgan fingerprint density at radius 2 is 2.40 bits per heavy atom. The van der Waals surface area contributed by atoms with Gasteiger partial charge in [0, 0.05) is 18.3 Å². The van der Waals surface area contributed by atoms with Crippen LogP contribution in [0.3, 0.4) is 0 Å². The average Bonchev–Trinajstić information content (AvgIpc) is 2.14. The van der Waals surface area contributed by atoms with E-state index in [0.29, 0.717) is 0 Å². The van der Waals surface area contributed by atoms with E-state index in [9.17, 15) is 0 Å². The predicted molar refractivity (Wildman–Crippen MR) is 38.9 cm³/mol. The molecule has 0 saturated heterocycles. The Balaban J connectivity index is 2.77. The molecule has 0 amide bonds. The smallest absolute Gasteiger partial charge is 0.233 e. The first kappa shape index (κ1) is 7.12. The Morgan fingerprint density at radius 1 is 1.70 bits per heavy atom. The van der Waals surface area contributed by atoms with Crippen LogP contribution in [0.15, 0.2) is 6.20 Å². The standard InChI is InChI=1S/C7H12N2O/c1-3-4-9-5-6(2)7(10)8-9/h5H,3-4H2,1-2H3,(H,8,10). The third kappa shape index (κ3) is 1.29. The van der Waals surface area contributed by atoms with E-state index in [2.05, 4.69) is 12.0 Å². The zero-order chi connectivity index (χ0) is 7.56. The Morgan fingerprint density at radius 3 is 2.80 bits per heavy atom. The van der Waals surface area contributed by atoms with E-state index >= 15 is 0 Å². The summed E-state index contributed by atoms with van der Waals surface area (Å²) >= 11 is 0. The topological polar surface area (TPSA) is 38.0 Å². The lowest BCUT2D eigenvalue weighted by Crippen LogP contribution is -1.95. The Kier molecular flexibility index (Phi) is 1.94. The first-order chi connectivity index (χ1) is 4.74. The molecule has 0 unspecified atom stereocenters. The lowest BCUT2D eigenvalue weighted by atomic mass is 10.4. The van der Waals surface area contributed by atoms with Crippen molar-refractivity contribution in [3.63, 3.8) is 0 Å². The van der Waals surface area contributed by atoms with Crippen molar-refractivity contribution in [3.8, 4) is 5.88 Å². The molecule has 1 rings (SSSR count). The number of hydrogen-bond donors (Lipinski definition) is 1. The molecule has 56 valence electrons. The summed E-state index contributed by atoms with van der Waals surface area (Å²) in [6.45, 7) is 4.80. The summed E-state index contributed by atoms with van der Waals surface area (Å²) < 4.78 is 1.75. The molecule has 0 saturated carbocycles. The highest BCUT2D eigenvalue weighted by molar-refractivity contribution is 5.18. The van der Waals surface area contributed by atoms with Crippen molar-refractivity contribution in [2.45, 2.75) is 26.8 Å². The largest absolute Gasteiger partial charge is 0.492 e. The van der Waals surface area contributed by atoms with E-state index in [-0.39, 0.29) is 5.88 Å². The third-order valence-corrected chi connectivity index (χ3v) is 1.37. The van der Waals surface area contributed by atoms with Crippen LogP contribution in [0, 0.1) is 6.92 Å². The minimum atomic E-state index is 0.147. The highest BCUT2D eigenvalue weighted by Crippen LogP contribution is 2.11. The van der Waals surface area contributed by atoms with Gasteiger partial charge in [0.2, 0.25) is 5.88 Å². The van der Waals surface area contributed by atoms with Gasteiger partial charge in [-0.3, -0.25) is 4.68 Å². The van der Waals surface area contributed by atoms with Crippen molar-refractivity contribution in [3.05, 3.63) is 11.8 Å². The number of rotatable bonds is 2. The number of aromatic nitrogens is 2. The molecule has 1 aromatic rings. The Hall–Kier alpha value is -0.990. The molecule has 0 aliphatic heterocycles. The van der Waals surface area contributed by atoms with Crippen molar-refractivity contribution < 1.29 is 5.11 Å². The van der Waals surface area contributed by atoms with Crippen molar-refractivity contribution >= 4 is 0 Å². The summed E-state index contributed by atoms with van der Waals surface area (Å²) in [6, 6.07) is 0. The van der Waals surface area contributed by atoms with Crippen molar-refractivity contribution in [2.24, 2.45) is 0 Å². The van der Waals surface area contributed by atoms with Gasteiger partial charge in [-0.1, -0.05) is 6.92 Å². The SMILES string of the molecule is CCCn1cc(C)c(O)n1. The minimum absolute atomic E-state index is 0.147. The number of aryl methyl sites for hydroxylation is 2. The minimum Gasteiger partial charge on any atom is -0.492 e. The van der Waals surface area contributed by atoms with Gasteiger partial charge >= 0.3 is 0 Å². The van der Waals surface area contributed by atoms with E-state index in [1.54, 1.807) is 4.68 Å². The molecule has 3 heteroatoms. The molecule has 0 radical (unpaired) electrons. The third-order valence-electron chi connectivity index (χ3n) is 1.37. The number of hydrogen-bond acceptors (Lipinski definition) is 2. The maximum absolute atomic E-state index is 9.03. The van der Waals surface area contributed by atoms with Gasteiger partial charge in [-0.15, -0.1) is 5.10 Å². The first-order valence-corrected chi connectivity index (χ1v) is 3.47.